The highest BCUT2D eigenvalue weighted by Gasteiger charge is 2.32. The minimum atomic E-state index is -3.74. The molecule has 154 valence electrons. The summed E-state index contributed by atoms with van der Waals surface area (Å²) in [5.41, 5.74) is -0.0414. The lowest BCUT2D eigenvalue weighted by Gasteiger charge is -2.17. The number of methoxy groups -OCH3 is 1. The van der Waals surface area contributed by atoms with Crippen LogP contribution in [0.2, 0.25) is 0 Å². The number of hydrogen-bond acceptors (Lipinski definition) is 7. The molecule has 0 fully saturated rings. The first kappa shape index (κ1) is 20.5. The van der Waals surface area contributed by atoms with Crippen LogP contribution in [0.5, 0.6) is 5.75 Å². The third kappa shape index (κ3) is 3.99. The Morgan fingerprint density at radius 3 is 2.34 bits per heavy atom. The summed E-state index contributed by atoms with van der Waals surface area (Å²) >= 11 is 0. The second kappa shape index (κ2) is 7.32. The summed E-state index contributed by atoms with van der Waals surface area (Å²) < 4.78 is 30.9. The van der Waals surface area contributed by atoms with E-state index in [4.69, 9.17) is 4.74 Å². The molecule has 10 nitrogen and oxygen atoms in total. The fraction of sp³-hybridized carbons (Fsp3) is 0.333. The van der Waals surface area contributed by atoms with Crippen molar-refractivity contribution in [3.8, 4) is 5.75 Å². The van der Waals surface area contributed by atoms with Gasteiger partial charge in [0.25, 0.3) is 0 Å². The molecule has 29 heavy (non-hydrogen) atoms. The van der Waals surface area contributed by atoms with Crippen LogP contribution in [0.4, 0.5) is 5.69 Å². The predicted octanol–water partition coefficient (Wildman–Crippen LogP) is 1.11. The number of nitrogens with one attached hydrogen (secondary N) is 1. The highest BCUT2D eigenvalue weighted by molar-refractivity contribution is 7.92. The number of anilines is 1. The maximum absolute atomic E-state index is 12.6. The Morgan fingerprint density at radius 1 is 1.10 bits per heavy atom. The number of sulfone groups is 1. The van der Waals surface area contributed by atoms with Crippen LogP contribution in [-0.2, 0) is 21.2 Å². The summed E-state index contributed by atoms with van der Waals surface area (Å²) in [5, 5.41) is 10.4. The molecule has 0 bridgehead atoms. The number of aromatic nitrogens is 4. The molecule has 0 saturated carbocycles. The molecule has 0 atom stereocenters. The van der Waals surface area contributed by atoms with Gasteiger partial charge in [0.15, 0.2) is 10.7 Å². The van der Waals surface area contributed by atoms with Crippen LogP contribution in [-0.4, -0.2) is 45.6 Å². The average molecular weight is 419 g/mol. The number of hydrogen-bond donors (Lipinski definition) is 1. The summed E-state index contributed by atoms with van der Waals surface area (Å²) in [6.07, 6.45) is 0. The molecule has 2 heterocycles. The van der Waals surface area contributed by atoms with Crippen LogP contribution in [0.15, 0.2) is 46.2 Å². The van der Waals surface area contributed by atoms with Gasteiger partial charge >= 0.3 is 5.69 Å². The Hall–Kier alpha value is -3.21. The van der Waals surface area contributed by atoms with Gasteiger partial charge in [0.2, 0.25) is 15.7 Å². The molecule has 1 aromatic carbocycles. The minimum absolute atomic E-state index is 0.139. The number of ether oxygens (including phenoxy) is 1. The maximum atomic E-state index is 12.6. The molecule has 3 rings (SSSR count). The van der Waals surface area contributed by atoms with E-state index in [0.717, 1.165) is 9.20 Å². The lowest BCUT2D eigenvalue weighted by Crippen LogP contribution is -2.31. The van der Waals surface area contributed by atoms with E-state index in [1.807, 2.05) is 0 Å². The van der Waals surface area contributed by atoms with Crippen LogP contribution in [0.3, 0.4) is 0 Å². The van der Waals surface area contributed by atoms with Crippen LogP contribution >= 0.6 is 0 Å². The first-order chi connectivity index (χ1) is 13.5. The molecule has 2 aromatic heterocycles. The number of benzene rings is 1. The molecular weight excluding hydrogens is 398 g/mol. The lowest BCUT2D eigenvalue weighted by molar-refractivity contribution is -0.117. The van der Waals surface area contributed by atoms with E-state index >= 15 is 0 Å². The monoisotopic (exact) mass is 419 g/mol. The van der Waals surface area contributed by atoms with Gasteiger partial charge in [-0.15, -0.1) is 10.2 Å². The molecule has 11 heteroatoms. The summed E-state index contributed by atoms with van der Waals surface area (Å²) in [4.78, 5) is 24.8. The second-order valence-electron chi connectivity index (χ2n) is 7.27. The zero-order valence-electron chi connectivity index (χ0n) is 16.4. The number of fused-ring (bicyclic) bond motifs is 1. The zero-order chi connectivity index (χ0) is 21.4. The van der Waals surface area contributed by atoms with Crippen LogP contribution < -0.4 is 15.7 Å². The minimum Gasteiger partial charge on any atom is -0.497 e. The molecule has 0 aliphatic carbocycles. The van der Waals surface area contributed by atoms with Crippen molar-refractivity contribution in [1.82, 2.24) is 19.4 Å². The van der Waals surface area contributed by atoms with Crippen molar-refractivity contribution < 1.29 is 17.9 Å². The van der Waals surface area contributed by atoms with E-state index in [2.05, 4.69) is 15.5 Å². The van der Waals surface area contributed by atoms with Crippen LogP contribution in [0.1, 0.15) is 20.8 Å². The van der Waals surface area contributed by atoms with E-state index in [1.165, 1.54) is 19.2 Å². The quantitative estimate of drug-likeness (QED) is 0.657. The highest BCUT2D eigenvalue weighted by Crippen LogP contribution is 2.22. The average Bonchev–Trinajstić information content (AvgIpc) is 2.96. The number of amides is 1. The van der Waals surface area contributed by atoms with Crippen LogP contribution in [0, 0.1) is 0 Å². The van der Waals surface area contributed by atoms with Crippen molar-refractivity contribution in [3.05, 3.63) is 46.9 Å². The molecule has 0 unspecified atom stereocenters. The molecule has 0 aliphatic rings. The van der Waals surface area contributed by atoms with E-state index < -0.39 is 26.2 Å². The zero-order valence-corrected chi connectivity index (χ0v) is 17.2. The second-order valence-corrected chi connectivity index (χ2v) is 9.92. The van der Waals surface area contributed by atoms with Crippen molar-refractivity contribution in [3.63, 3.8) is 0 Å². The van der Waals surface area contributed by atoms with Crippen molar-refractivity contribution in [2.24, 2.45) is 0 Å². The van der Waals surface area contributed by atoms with Gasteiger partial charge in [-0.1, -0.05) is 0 Å². The first-order valence-corrected chi connectivity index (χ1v) is 10.2. The molecular formula is C18H21N5O5S. The number of carbonyl (C=O) groups is 1. The van der Waals surface area contributed by atoms with E-state index in [9.17, 15) is 18.0 Å². The molecule has 0 radical (unpaired) electrons. The Morgan fingerprint density at radius 2 is 1.76 bits per heavy atom. The van der Waals surface area contributed by atoms with Gasteiger partial charge in [-0.2, -0.15) is 4.52 Å². The molecule has 0 spiro atoms. The van der Waals surface area contributed by atoms with Gasteiger partial charge in [0.05, 0.1) is 11.9 Å². The van der Waals surface area contributed by atoms with Crippen LogP contribution in [0.25, 0.3) is 5.65 Å². The summed E-state index contributed by atoms with van der Waals surface area (Å²) in [6.45, 7) is 4.29. The fourth-order valence-electron chi connectivity index (χ4n) is 2.46. The summed E-state index contributed by atoms with van der Waals surface area (Å²) in [6, 6.07) is 9.37. The number of nitrogens with zero attached hydrogens (tertiary/aromatic N) is 4. The van der Waals surface area contributed by atoms with Gasteiger partial charge in [-0.3, -0.25) is 4.79 Å². The summed E-state index contributed by atoms with van der Waals surface area (Å²) in [5.74, 6) is 0.176. The van der Waals surface area contributed by atoms with Crippen molar-refractivity contribution in [2.75, 3.05) is 12.4 Å². The van der Waals surface area contributed by atoms with E-state index in [1.54, 1.807) is 45.0 Å². The largest absolute Gasteiger partial charge is 0.497 e. The van der Waals surface area contributed by atoms with Crippen molar-refractivity contribution in [1.29, 1.82) is 0 Å². The van der Waals surface area contributed by atoms with Crippen molar-refractivity contribution in [2.45, 2.75) is 37.1 Å². The highest BCUT2D eigenvalue weighted by atomic mass is 32.2. The summed E-state index contributed by atoms with van der Waals surface area (Å²) in [7, 11) is -2.21. The fourth-order valence-corrected chi connectivity index (χ4v) is 3.53. The number of carbonyl (C=O) groups excluding carboxylic acids is 1. The van der Waals surface area contributed by atoms with Gasteiger partial charge in [0, 0.05) is 5.69 Å². The normalized spacial score (nSPS) is 12.1. The molecule has 1 amide bonds. The topological polar surface area (TPSA) is 125 Å². The van der Waals surface area contributed by atoms with E-state index in [0.29, 0.717) is 11.4 Å². The SMILES string of the molecule is COc1ccc(NC(=O)Cn2nc3ccc(S(=O)(=O)C(C)(C)C)nn3c2=O)cc1. The first-order valence-electron chi connectivity index (χ1n) is 8.68. The predicted molar refractivity (Wildman–Crippen MR) is 106 cm³/mol. The Labute approximate surface area is 167 Å². The number of rotatable bonds is 5. The Bertz CT molecular complexity index is 1220. The standard InChI is InChI=1S/C18H21N5O5S/c1-18(2,3)29(26,27)16-10-9-14-20-22(17(25)23(14)21-16)11-15(24)19-12-5-7-13(28-4)8-6-12/h5-10H,11H2,1-4H3,(H,19,24). The van der Waals surface area contributed by atoms with Gasteiger partial charge in [0.1, 0.15) is 12.3 Å². The van der Waals surface area contributed by atoms with E-state index in [-0.39, 0.29) is 17.2 Å². The lowest BCUT2D eigenvalue weighted by atomic mass is 10.3. The van der Waals surface area contributed by atoms with Crippen molar-refractivity contribution >= 4 is 27.1 Å². The third-order valence-corrected chi connectivity index (χ3v) is 6.55. The van der Waals surface area contributed by atoms with Gasteiger partial charge < -0.3 is 10.1 Å². The van der Waals surface area contributed by atoms with Gasteiger partial charge in [-0.05, 0) is 57.2 Å². The molecule has 0 saturated heterocycles. The smallest absolute Gasteiger partial charge is 0.367 e. The molecule has 3 aromatic rings. The third-order valence-electron chi connectivity index (χ3n) is 4.16. The maximum Gasteiger partial charge on any atom is 0.367 e. The Kier molecular flexibility index (Phi) is 5.18. The molecule has 1 N–H and O–H groups in total. The van der Waals surface area contributed by atoms with Gasteiger partial charge in [-0.25, -0.2) is 17.9 Å². The molecule has 0 aliphatic heterocycles. The Balaban J connectivity index is 1.86.